The summed E-state index contributed by atoms with van der Waals surface area (Å²) in [7, 11) is 0. The Morgan fingerprint density at radius 2 is 1.71 bits per heavy atom. The fraction of sp³-hybridized carbons (Fsp3) is 0.100. The van der Waals surface area contributed by atoms with Crippen LogP contribution in [0, 0.1) is 0 Å². The molecule has 0 spiro atoms. The summed E-state index contributed by atoms with van der Waals surface area (Å²) in [6, 6.07) is 13.7. The molecule has 1 amide bonds. The van der Waals surface area contributed by atoms with Crippen LogP contribution in [0.2, 0.25) is 5.02 Å². The maximum Gasteiger partial charge on any atom is 0.340 e. The molecule has 1 heterocycles. The molecule has 8 heteroatoms. The van der Waals surface area contributed by atoms with E-state index < -0.39 is 11.9 Å². The van der Waals surface area contributed by atoms with Crippen molar-refractivity contribution in [1.29, 1.82) is 0 Å². The minimum Gasteiger partial charge on any atom is -0.462 e. The quantitative estimate of drug-likeness (QED) is 0.603. The highest BCUT2D eigenvalue weighted by Crippen LogP contribution is 2.18. The predicted molar refractivity (Wildman–Crippen MR) is 107 cm³/mol. The Kier molecular flexibility index (Phi) is 6.18. The number of nitrogens with zero attached hydrogens (tertiary/aromatic N) is 2. The zero-order valence-corrected chi connectivity index (χ0v) is 15.7. The second-order valence-corrected chi connectivity index (χ2v) is 6.08. The summed E-state index contributed by atoms with van der Waals surface area (Å²) in [6.07, 6.45) is 2.79. The van der Waals surface area contributed by atoms with Gasteiger partial charge in [-0.3, -0.25) is 4.79 Å². The number of benzene rings is 2. The average molecular weight is 397 g/mol. The van der Waals surface area contributed by atoms with Gasteiger partial charge >= 0.3 is 5.97 Å². The molecule has 0 saturated carbocycles. The maximum absolute atomic E-state index is 12.5. The Labute approximate surface area is 166 Å². The number of hydrogen-bond donors (Lipinski definition) is 2. The molecule has 1 aromatic heterocycles. The minimum atomic E-state index is -0.503. The fourth-order valence-corrected chi connectivity index (χ4v) is 2.47. The van der Waals surface area contributed by atoms with E-state index in [2.05, 4.69) is 20.6 Å². The third-order valence-electron chi connectivity index (χ3n) is 3.69. The summed E-state index contributed by atoms with van der Waals surface area (Å²) in [5.74, 6) is -0.599. The largest absolute Gasteiger partial charge is 0.462 e. The van der Waals surface area contributed by atoms with Crippen LogP contribution in [0.4, 0.5) is 17.3 Å². The number of halogens is 1. The van der Waals surface area contributed by atoms with Gasteiger partial charge in [-0.05, 0) is 43.3 Å². The molecule has 0 fully saturated rings. The van der Waals surface area contributed by atoms with Crippen molar-refractivity contribution in [2.45, 2.75) is 6.92 Å². The van der Waals surface area contributed by atoms with Crippen molar-refractivity contribution in [3.8, 4) is 0 Å². The lowest BCUT2D eigenvalue weighted by atomic mass is 10.1. The van der Waals surface area contributed by atoms with Crippen molar-refractivity contribution >= 4 is 40.8 Å². The SMILES string of the molecule is CCOC(=O)c1ccccc1NC(=O)c1cnc(Nc2ccc(Cl)cc2)nc1. The molecule has 0 aliphatic heterocycles. The molecule has 28 heavy (non-hydrogen) atoms. The first-order valence-corrected chi connectivity index (χ1v) is 8.86. The van der Waals surface area contributed by atoms with Crippen LogP contribution >= 0.6 is 11.6 Å². The molecule has 0 saturated heterocycles. The van der Waals surface area contributed by atoms with Crippen molar-refractivity contribution in [2.24, 2.45) is 0 Å². The zero-order valence-electron chi connectivity index (χ0n) is 15.0. The van der Waals surface area contributed by atoms with Crippen LogP contribution in [0.25, 0.3) is 0 Å². The van der Waals surface area contributed by atoms with Gasteiger partial charge in [0.25, 0.3) is 5.91 Å². The van der Waals surface area contributed by atoms with Gasteiger partial charge in [0.15, 0.2) is 0 Å². The van der Waals surface area contributed by atoms with Gasteiger partial charge in [-0.25, -0.2) is 14.8 Å². The van der Waals surface area contributed by atoms with E-state index in [1.807, 2.05) is 0 Å². The molecule has 0 bridgehead atoms. The van der Waals surface area contributed by atoms with Gasteiger partial charge in [0.1, 0.15) is 0 Å². The van der Waals surface area contributed by atoms with Gasteiger partial charge in [-0.2, -0.15) is 0 Å². The zero-order chi connectivity index (χ0) is 19.9. The van der Waals surface area contributed by atoms with E-state index in [1.54, 1.807) is 55.5 Å². The normalized spacial score (nSPS) is 10.2. The molecule has 2 aromatic carbocycles. The summed E-state index contributed by atoms with van der Waals surface area (Å²) in [6.45, 7) is 1.97. The molecule has 3 aromatic rings. The van der Waals surface area contributed by atoms with Crippen LogP contribution < -0.4 is 10.6 Å². The van der Waals surface area contributed by atoms with E-state index in [1.165, 1.54) is 12.4 Å². The highest BCUT2D eigenvalue weighted by molar-refractivity contribution is 6.30. The summed E-state index contributed by atoms with van der Waals surface area (Å²) in [5, 5.41) is 6.32. The maximum atomic E-state index is 12.5. The summed E-state index contributed by atoms with van der Waals surface area (Å²) in [4.78, 5) is 32.8. The van der Waals surface area contributed by atoms with Crippen molar-refractivity contribution < 1.29 is 14.3 Å². The molecule has 7 nitrogen and oxygen atoms in total. The Bertz CT molecular complexity index is 976. The van der Waals surface area contributed by atoms with Gasteiger partial charge in [-0.1, -0.05) is 23.7 Å². The molecular formula is C20H17ClN4O3. The first-order chi connectivity index (χ1) is 13.6. The van der Waals surface area contributed by atoms with Crippen LogP contribution in [-0.2, 0) is 4.74 Å². The topological polar surface area (TPSA) is 93.2 Å². The number of carbonyl (C=O) groups is 2. The lowest BCUT2D eigenvalue weighted by Crippen LogP contribution is -2.16. The molecule has 0 unspecified atom stereocenters. The van der Waals surface area contributed by atoms with E-state index in [0.717, 1.165) is 5.69 Å². The lowest BCUT2D eigenvalue weighted by molar-refractivity contribution is 0.0527. The standard InChI is InChI=1S/C20H17ClN4O3/c1-2-28-19(27)16-5-3-4-6-17(16)25-18(26)13-11-22-20(23-12-13)24-15-9-7-14(21)8-10-15/h3-12H,2H2,1H3,(H,25,26)(H,22,23,24). The highest BCUT2D eigenvalue weighted by atomic mass is 35.5. The molecule has 0 aliphatic carbocycles. The van der Waals surface area contributed by atoms with Crippen LogP contribution in [0.15, 0.2) is 60.9 Å². The van der Waals surface area contributed by atoms with Crippen molar-refractivity contribution in [3.05, 3.63) is 77.1 Å². The summed E-state index contributed by atoms with van der Waals surface area (Å²) in [5.41, 5.74) is 1.65. The number of aromatic nitrogens is 2. The van der Waals surface area contributed by atoms with Gasteiger partial charge in [-0.15, -0.1) is 0 Å². The Morgan fingerprint density at radius 3 is 2.39 bits per heavy atom. The summed E-state index contributed by atoms with van der Waals surface area (Å²) < 4.78 is 5.00. The van der Waals surface area contributed by atoms with Crippen LogP contribution in [0.1, 0.15) is 27.6 Å². The fourth-order valence-electron chi connectivity index (χ4n) is 2.35. The smallest absolute Gasteiger partial charge is 0.340 e. The molecule has 0 aliphatic rings. The molecule has 2 N–H and O–H groups in total. The number of rotatable bonds is 6. The van der Waals surface area contributed by atoms with Crippen LogP contribution in [-0.4, -0.2) is 28.5 Å². The molecule has 3 rings (SSSR count). The van der Waals surface area contributed by atoms with Gasteiger partial charge in [0, 0.05) is 23.1 Å². The first kappa shape index (κ1) is 19.3. The van der Waals surface area contributed by atoms with E-state index in [9.17, 15) is 9.59 Å². The van der Waals surface area contributed by atoms with E-state index >= 15 is 0 Å². The highest BCUT2D eigenvalue weighted by Gasteiger charge is 2.15. The molecule has 142 valence electrons. The van der Waals surface area contributed by atoms with Crippen LogP contribution in [0.5, 0.6) is 0 Å². The Hall–Kier alpha value is -3.45. The molecule has 0 atom stereocenters. The van der Waals surface area contributed by atoms with Crippen molar-refractivity contribution in [2.75, 3.05) is 17.2 Å². The molecule has 0 radical (unpaired) electrons. The number of carbonyl (C=O) groups excluding carboxylic acids is 2. The number of esters is 1. The van der Waals surface area contributed by atoms with E-state index in [4.69, 9.17) is 16.3 Å². The number of nitrogens with one attached hydrogen (secondary N) is 2. The summed E-state index contributed by atoms with van der Waals surface area (Å²) >= 11 is 5.85. The number of hydrogen-bond acceptors (Lipinski definition) is 6. The number of anilines is 3. The Morgan fingerprint density at radius 1 is 1.04 bits per heavy atom. The van der Waals surface area contributed by atoms with E-state index in [-0.39, 0.29) is 17.7 Å². The number of ether oxygens (including phenoxy) is 1. The van der Waals surface area contributed by atoms with Gasteiger partial charge in [0.05, 0.1) is 23.4 Å². The van der Waals surface area contributed by atoms with Crippen molar-refractivity contribution in [1.82, 2.24) is 9.97 Å². The predicted octanol–water partition coefficient (Wildman–Crippen LogP) is 4.30. The third kappa shape index (κ3) is 4.83. The van der Waals surface area contributed by atoms with Gasteiger partial charge in [0.2, 0.25) is 5.95 Å². The number of amides is 1. The lowest BCUT2D eigenvalue weighted by Gasteiger charge is -2.10. The minimum absolute atomic E-state index is 0.247. The number of para-hydroxylation sites is 1. The molecular weight excluding hydrogens is 380 g/mol. The second kappa shape index (κ2) is 8.96. The second-order valence-electron chi connectivity index (χ2n) is 5.65. The van der Waals surface area contributed by atoms with E-state index in [0.29, 0.717) is 16.7 Å². The Balaban J connectivity index is 1.70. The van der Waals surface area contributed by atoms with Gasteiger partial charge < -0.3 is 15.4 Å². The first-order valence-electron chi connectivity index (χ1n) is 8.49. The van der Waals surface area contributed by atoms with Crippen LogP contribution in [0.3, 0.4) is 0 Å². The monoisotopic (exact) mass is 396 g/mol. The third-order valence-corrected chi connectivity index (χ3v) is 3.94. The van der Waals surface area contributed by atoms with Crippen molar-refractivity contribution in [3.63, 3.8) is 0 Å². The average Bonchev–Trinajstić information content (AvgIpc) is 2.71.